The molecule has 5 heteroatoms. The van der Waals surface area contributed by atoms with Crippen molar-refractivity contribution in [3.63, 3.8) is 0 Å². The fourth-order valence-corrected chi connectivity index (χ4v) is 2.76. The molecule has 18 heavy (non-hydrogen) atoms. The average molecular weight is 310 g/mol. The van der Waals surface area contributed by atoms with Gasteiger partial charge in [0, 0.05) is 17.4 Å². The Labute approximate surface area is 113 Å². The van der Waals surface area contributed by atoms with E-state index in [1.807, 2.05) is 24.3 Å². The average Bonchev–Trinajstić information content (AvgIpc) is 3.12. The van der Waals surface area contributed by atoms with Crippen molar-refractivity contribution in [1.29, 1.82) is 0 Å². The van der Waals surface area contributed by atoms with E-state index in [0.29, 0.717) is 11.4 Å². The molecule has 0 saturated heterocycles. The van der Waals surface area contributed by atoms with Gasteiger partial charge in [0.25, 0.3) is 0 Å². The monoisotopic (exact) mass is 309 g/mol. The Morgan fingerprint density at radius 1 is 1.44 bits per heavy atom. The number of benzene rings is 1. The van der Waals surface area contributed by atoms with Gasteiger partial charge in [0.1, 0.15) is 6.33 Å². The largest absolute Gasteiger partial charge is 0.318 e. The molecule has 1 atom stereocenters. The fraction of sp³-hybridized carbons (Fsp3) is 0.385. The molecule has 0 radical (unpaired) electrons. The highest BCUT2D eigenvalue weighted by atomic mass is 79.9. The number of nitrogens with zero attached hydrogens (tertiary/aromatic N) is 3. The van der Waals surface area contributed by atoms with Gasteiger partial charge in [0.2, 0.25) is 0 Å². The molecule has 1 aliphatic rings. The third-order valence-electron chi connectivity index (χ3n) is 3.42. The second kappa shape index (κ2) is 4.16. The molecule has 1 aromatic carbocycles. The van der Waals surface area contributed by atoms with E-state index in [1.54, 1.807) is 17.9 Å². The van der Waals surface area contributed by atoms with Crippen LogP contribution in [-0.2, 0) is 12.7 Å². The summed E-state index contributed by atoms with van der Waals surface area (Å²) in [4.78, 5) is 0. The Balaban J connectivity index is 2.15. The first-order valence-electron chi connectivity index (χ1n) is 5.92. The Hall–Kier alpha value is -1.23. The summed E-state index contributed by atoms with van der Waals surface area (Å²) in [6.07, 6.45) is 3.34. The normalized spacial score (nSPS) is 18.6. The number of aromatic nitrogens is 3. The number of halogens is 2. The molecular formula is C13H13BrFN3. The summed E-state index contributed by atoms with van der Waals surface area (Å²) in [6.45, 7) is 0. The van der Waals surface area contributed by atoms with Gasteiger partial charge in [-0.2, -0.15) is 0 Å². The number of hydrogen-bond donors (Lipinski definition) is 0. The van der Waals surface area contributed by atoms with Crippen molar-refractivity contribution < 1.29 is 4.39 Å². The van der Waals surface area contributed by atoms with Crippen LogP contribution in [0.5, 0.6) is 0 Å². The molecule has 1 aromatic heterocycles. The summed E-state index contributed by atoms with van der Waals surface area (Å²) < 4.78 is 18.1. The maximum atomic E-state index is 15.6. The fourth-order valence-electron chi connectivity index (χ4n) is 2.36. The number of alkyl halides is 1. The molecule has 1 heterocycles. The van der Waals surface area contributed by atoms with Gasteiger partial charge >= 0.3 is 0 Å². The lowest BCUT2D eigenvalue weighted by molar-refractivity contribution is 0.168. The van der Waals surface area contributed by atoms with Gasteiger partial charge in [-0.25, -0.2) is 4.39 Å². The predicted octanol–water partition coefficient (Wildman–Crippen LogP) is 3.20. The van der Waals surface area contributed by atoms with E-state index in [0.717, 1.165) is 17.3 Å². The van der Waals surface area contributed by atoms with Gasteiger partial charge in [0.15, 0.2) is 11.5 Å². The third-order valence-corrected chi connectivity index (χ3v) is 3.91. The summed E-state index contributed by atoms with van der Waals surface area (Å²) in [6, 6.07) is 7.39. The predicted molar refractivity (Wildman–Crippen MR) is 69.8 cm³/mol. The Morgan fingerprint density at radius 2 is 2.22 bits per heavy atom. The molecule has 0 N–H and O–H groups in total. The molecule has 94 valence electrons. The summed E-state index contributed by atoms with van der Waals surface area (Å²) in [5.74, 6) is 0.401. The van der Waals surface area contributed by atoms with Crippen LogP contribution in [-0.4, -0.2) is 14.8 Å². The summed E-state index contributed by atoms with van der Waals surface area (Å²) in [7, 11) is 1.78. The van der Waals surface area contributed by atoms with Gasteiger partial charge in [-0.3, -0.25) is 0 Å². The van der Waals surface area contributed by atoms with E-state index in [4.69, 9.17) is 0 Å². The summed E-state index contributed by atoms with van der Waals surface area (Å²) in [5, 5.41) is 7.78. The van der Waals surface area contributed by atoms with Crippen molar-refractivity contribution in [2.75, 3.05) is 0 Å². The van der Waals surface area contributed by atoms with Gasteiger partial charge in [-0.1, -0.05) is 28.1 Å². The van der Waals surface area contributed by atoms with Crippen LogP contribution in [0.15, 0.2) is 35.1 Å². The van der Waals surface area contributed by atoms with Crippen molar-refractivity contribution in [3.8, 4) is 0 Å². The number of rotatable bonds is 3. The molecule has 1 fully saturated rings. The van der Waals surface area contributed by atoms with Crippen molar-refractivity contribution in [2.24, 2.45) is 13.0 Å². The van der Waals surface area contributed by atoms with Crippen LogP contribution < -0.4 is 0 Å². The first kappa shape index (κ1) is 11.8. The minimum Gasteiger partial charge on any atom is -0.318 e. The van der Waals surface area contributed by atoms with E-state index >= 15 is 4.39 Å². The molecule has 1 saturated carbocycles. The van der Waals surface area contributed by atoms with Gasteiger partial charge in [-0.15, -0.1) is 10.2 Å². The smallest absolute Gasteiger partial charge is 0.198 e. The lowest BCUT2D eigenvalue weighted by Crippen LogP contribution is -2.28. The van der Waals surface area contributed by atoms with Gasteiger partial charge < -0.3 is 4.57 Å². The maximum Gasteiger partial charge on any atom is 0.198 e. The summed E-state index contributed by atoms with van der Waals surface area (Å²) >= 11 is 3.40. The first-order chi connectivity index (χ1) is 8.62. The lowest BCUT2D eigenvalue weighted by atomic mass is 9.90. The van der Waals surface area contributed by atoms with Crippen LogP contribution in [0.3, 0.4) is 0 Å². The van der Waals surface area contributed by atoms with E-state index < -0.39 is 5.67 Å². The molecule has 1 aliphatic carbocycles. The summed E-state index contributed by atoms with van der Waals surface area (Å²) in [5.41, 5.74) is -0.884. The van der Waals surface area contributed by atoms with Crippen LogP contribution in [0.25, 0.3) is 0 Å². The van der Waals surface area contributed by atoms with E-state index in [2.05, 4.69) is 26.1 Å². The molecule has 2 aromatic rings. The zero-order valence-electron chi connectivity index (χ0n) is 9.98. The highest BCUT2D eigenvalue weighted by Crippen LogP contribution is 2.52. The van der Waals surface area contributed by atoms with Crippen molar-refractivity contribution in [3.05, 3.63) is 46.5 Å². The topological polar surface area (TPSA) is 30.7 Å². The molecule has 1 unspecified atom stereocenters. The van der Waals surface area contributed by atoms with E-state index in [1.165, 1.54) is 0 Å². The molecular weight excluding hydrogens is 297 g/mol. The van der Waals surface area contributed by atoms with Crippen molar-refractivity contribution in [1.82, 2.24) is 14.8 Å². The van der Waals surface area contributed by atoms with Crippen LogP contribution >= 0.6 is 15.9 Å². The van der Waals surface area contributed by atoms with E-state index in [-0.39, 0.29) is 5.92 Å². The van der Waals surface area contributed by atoms with Gasteiger partial charge in [0.05, 0.1) is 0 Å². The molecule has 0 aliphatic heterocycles. The molecule has 0 amide bonds. The lowest BCUT2D eigenvalue weighted by Gasteiger charge is -2.24. The molecule has 0 bridgehead atoms. The zero-order valence-corrected chi connectivity index (χ0v) is 11.6. The minimum absolute atomic E-state index is 0.00898. The maximum absolute atomic E-state index is 15.6. The van der Waals surface area contributed by atoms with Gasteiger partial charge in [-0.05, 0) is 30.5 Å². The van der Waals surface area contributed by atoms with Crippen molar-refractivity contribution in [2.45, 2.75) is 18.5 Å². The van der Waals surface area contributed by atoms with Crippen LogP contribution in [0, 0.1) is 5.92 Å². The second-order valence-electron chi connectivity index (χ2n) is 4.76. The Kier molecular flexibility index (Phi) is 2.73. The minimum atomic E-state index is -1.53. The first-order valence-corrected chi connectivity index (χ1v) is 6.71. The quantitative estimate of drug-likeness (QED) is 0.871. The van der Waals surface area contributed by atoms with Crippen LogP contribution in [0.1, 0.15) is 24.2 Å². The Bertz CT molecular complexity index is 579. The third kappa shape index (κ3) is 1.77. The highest BCUT2D eigenvalue weighted by molar-refractivity contribution is 9.10. The zero-order chi connectivity index (χ0) is 12.8. The number of hydrogen-bond acceptors (Lipinski definition) is 2. The second-order valence-corrected chi connectivity index (χ2v) is 5.68. The van der Waals surface area contributed by atoms with Crippen LogP contribution in [0.2, 0.25) is 0 Å². The molecule has 3 nitrogen and oxygen atoms in total. The Morgan fingerprint density at radius 3 is 2.78 bits per heavy atom. The highest BCUT2D eigenvalue weighted by Gasteiger charge is 2.51. The standard InChI is InChI=1S/C13H13BrFN3/c1-18-8-16-17-12(18)13(15,9-5-6-9)10-3-2-4-11(14)7-10/h2-4,7-9H,5-6H2,1H3. The SMILES string of the molecule is Cn1cnnc1C(F)(c1cccc(Br)c1)C1CC1. The number of aryl methyl sites for hydroxylation is 1. The van der Waals surface area contributed by atoms with Crippen molar-refractivity contribution >= 4 is 15.9 Å². The van der Waals surface area contributed by atoms with Crippen LogP contribution in [0.4, 0.5) is 4.39 Å². The molecule has 3 rings (SSSR count). The van der Waals surface area contributed by atoms with E-state index in [9.17, 15) is 0 Å². The molecule has 0 spiro atoms.